The molecule has 6 nitrogen and oxygen atoms in total. The zero-order valence-electron chi connectivity index (χ0n) is 16.0. The van der Waals surface area contributed by atoms with E-state index in [-0.39, 0.29) is 35.3 Å². The number of amides is 1. The van der Waals surface area contributed by atoms with Crippen LogP contribution < -0.4 is 10.6 Å². The first-order chi connectivity index (χ1) is 12.4. The molecule has 0 aromatic heterocycles. The van der Waals surface area contributed by atoms with Gasteiger partial charge in [0.15, 0.2) is 0 Å². The first-order valence-corrected chi connectivity index (χ1v) is 11.0. The number of nitrogens with one attached hydrogen (secondary N) is 2. The van der Waals surface area contributed by atoms with E-state index in [2.05, 4.69) is 17.6 Å². The predicted octanol–water partition coefficient (Wildman–Crippen LogP) is 2.54. The van der Waals surface area contributed by atoms with Gasteiger partial charge in [0.05, 0.1) is 4.90 Å². The molecule has 2 heterocycles. The van der Waals surface area contributed by atoms with Crippen LogP contribution in [-0.2, 0) is 10.0 Å². The number of halogens is 1. The average Bonchev–Trinajstić information content (AvgIpc) is 2.62. The molecule has 0 radical (unpaired) electrons. The lowest BCUT2D eigenvalue weighted by atomic mass is 10.0. The smallest absolute Gasteiger partial charge is 0.251 e. The molecule has 3 rings (SSSR count). The van der Waals surface area contributed by atoms with Crippen molar-refractivity contribution in [3.63, 3.8) is 0 Å². The zero-order valence-corrected chi connectivity index (χ0v) is 17.6. The van der Waals surface area contributed by atoms with Crippen LogP contribution in [0.1, 0.15) is 56.3 Å². The van der Waals surface area contributed by atoms with Gasteiger partial charge >= 0.3 is 0 Å². The number of carbonyl (C=O) groups is 1. The van der Waals surface area contributed by atoms with Gasteiger partial charge in [-0.25, -0.2) is 8.42 Å². The summed E-state index contributed by atoms with van der Waals surface area (Å²) in [6, 6.07) is 6.92. The summed E-state index contributed by atoms with van der Waals surface area (Å²) >= 11 is 0. The van der Waals surface area contributed by atoms with E-state index in [1.54, 1.807) is 28.6 Å². The quantitative estimate of drug-likeness (QED) is 0.792. The number of hydrogen-bond acceptors (Lipinski definition) is 4. The molecule has 3 atom stereocenters. The van der Waals surface area contributed by atoms with Crippen molar-refractivity contribution in [3.8, 4) is 0 Å². The normalized spacial score (nSPS) is 26.8. The Labute approximate surface area is 168 Å². The minimum absolute atomic E-state index is 0. The minimum atomic E-state index is -3.49. The van der Waals surface area contributed by atoms with Gasteiger partial charge in [0.2, 0.25) is 10.0 Å². The van der Waals surface area contributed by atoms with E-state index in [1.807, 2.05) is 6.92 Å². The molecule has 1 aromatic rings. The molecule has 1 aromatic carbocycles. The van der Waals surface area contributed by atoms with Gasteiger partial charge in [-0.2, -0.15) is 4.31 Å². The highest BCUT2D eigenvalue weighted by Gasteiger charge is 2.31. The van der Waals surface area contributed by atoms with Gasteiger partial charge in [-0.15, -0.1) is 12.4 Å². The van der Waals surface area contributed by atoms with Crippen molar-refractivity contribution < 1.29 is 13.2 Å². The van der Waals surface area contributed by atoms with E-state index < -0.39 is 10.0 Å². The highest BCUT2D eigenvalue weighted by molar-refractivity contribution is 7.89. The average molecular weight is 416 g/mol. The molecule has 2 N–H and O–H groups in total. The van der Waals surface area contributed by atoms with E-state index in [1.165, 1.54) is 0 Å². The first-order valence-electron chi connectivity index (χ1n) is 9.54. The Morgan fingerprint density at radius 3 is 2.48 bits per heavy atom. The Kier molecular flexibility index (Phi) is 7.68. The van der Waals surface area contributed by atoms with Gasteiger partial charge in [-0.1, -0.05) is 6.42 Å². The topological polar surface area (TPSA) is 78.5 Å². The molecular formula is C19H30ClN3O3S. The standard InChI is InChI=1S/C19H29N3O3S.ClH/c1-14-13-17(10-11-20-14)21-19(23)16-6-8-18(9-7-16)26(24,25)22-12-4-3-5-15(22)2;/h6-9,14-15,17,20H,3-5,10-13H2,1-2H3,(H,21,23);1H. The molecule has 1 amide bonds. The fourth-order valence-corrected chi connectivity index (χ4v) is 5.57. The van der Waals surface area contributed by atoms with Crippen LogP contribution in [0.4, 0.5) is 0 Å². The van der Waals surface area contributed by atoms with Crippen molar-refractivity contribution in [3.05, 3.63) is 29.8 Å². The molecule has 2 fully saturated rings. The summed E-state index contributed by atoms with van der Waals surface area (Å²) in [6.07, 6.45) is 4.69. The third-order valence-electron chi connectivity index (χ3n) is 5.42. The molecule has 152 valence electrons. The van der Waals surface area contributed by atoms with E-state index in [4.69, 9.17) is 0 Å². The number of benzene rings is 1. The van der Waals surface area contributed by atoms with E-state index in [9.17, 15) is 13.2 Å². The van der Waals surface area contributed by atoms with Crippen molar-refractivity contribution in [2.24, 2.45) is 0 Å². The second kappa shape index (κ2) is 9.37. The van der Waals surface area contributed by atoms with Crippen molar-refractivity contribution >= 4 is 28.3 Å². The van der Waals surface area contributed by atoms with E-state index in [0.29, 0.717) is 18.2 Å². The lowest BCUT2D eigenvalue weighted by Crippen LogP contribution is -2.46. The van der Waals surface area contributed by atoms with Crippen molar-refractivity contribution in [2.75, 3.05) is 13.1 Å². The second-order valence-corrected chi connectivity index (χ2v) is 9.43. The number of piperidine rings is 2. The lowest BCUT2D eigenvalue weighted by molar-refractivity contribution is 0.0925. The summed E-state index contributed by atoms with van der Waals surface area (Å²) in [5, 5.41) is 6.42. The van der Waals surface area contributed by atoms with Crippen molar-refractivity contribution in [1.29, 1.82) is 0 Å². The van der Waals surface area contributed by atoms with Crippen LogP contribution in [-0.4, -0.2) is 49.8 Å². The number of rotatable bonds is 4. The molecule has 3 unspecified atom stereocenters. The summed E-state index contributed by atoms with van der Waals surface area (Å²) in [7, 11) is -3.49. The summed E-state index contributed by atoms with van der Waals surface area (Å²) in [5.41, 5.74) is 0.502. The van der Waals surface area contributed by atoms with Crippen LogP contribution >= 0.6 is 12.4 Å². The third-order valence-corrected chi connectivity index (χ3v) is 7.45. The summed E-state index contributed by atoms with van der Waals surface area (Å²) in [6.45, 7) is 5.54. The Bertz CT molecular complexity index is 739. The summed E-state index contributed by atoms with van der Waals surface area (Å²) in [5.74, 6) is -0.139. The fraction of sp³-hybridized carbons (Fsp3) is 0.632. The van der Waals surface area contributed by atoms with E-state index in [0.717, 1.165) is 38.6 Å². The number of carbonyl (C=O) groups excluding carboxylic acids is 1. The Morgan fingerprint density at radius 1 is 1.15 bits per heavy atom. The molecule has 27 heavy (non-hydrogen) atoms. The highest BCUT2D eigenvalue weighted by atomic mass is 35.5. The van der Waals surface area contributed by atoms with Crippen LogP contribution in [0.3, 0.4) is 0 Å². The van der Waals surface area contributed by atoms with Crippen molar-refractivity contribution in [1.82, 2.24) is 14.9 Å². The first kappa shape index (κ1) is 22.1. The lowest BCUT2D eigenvalue weighted by Gasteiger charge is -2.32. The largest absolute Gasteiger partial charge is 0.349 e. The molecule has 8 heteroatoms. The Morgan fingerprint density at radius 2 is 1.85 bits per heavy atom. The van der Waals surface area contributed by atoms with Crippen LogP contribution in [0, 0.1) is 0 Å². The third kappa shape index (κ3) is 5.22. The van der Waals surface area contributed by atoms with Gasteiger partial charge in [0.25, 0.3) is 5.91 Å². The number of nitrogens with zero attached hydrogens (tertiary/aromatic N) is 1. The maximum Gasteiger partial charge on any atom is 0.251 e. The maximum atomic E-state index is 12.9. The molecule has 2 aliphatic rings. The van der Waals surface area contributed by atoms with Gasteiger partial charge in [-0.3, -0.25) is 4.79 Å². The summed E-state index contributed by atoms with van der Waals surface area (Å²) in [4.78, 5) is 12.7. The van der Waals surface area contributed by atoms with Crippen molar-refractivity contribution in [2.45, 2.75) is 69.0 Å². The molecule has 0 spiro atoms. The molecule has 0 bridgehead atoms. The monoisotopic (exact) mass is 415 g/mol. The molecule has 0 saturated carbocycles. The Balaban J connectivity index is 0.00000261. The maximum absolute atomic E-state index is 12.9. The highest BCUT2D eigenvalue weighted by Crippen LogP contribution is 2.25. The Hall–Kier alpha value is -1.15. The SMILES string of the molecule is CC1CC(NC(=O)c2ccc(S(=O)(=O)N3CCCCC3C)cc2)CCN1.Cl. The fourth-order valence-electron chi connectivity index (χ4n) is 3.87. The minimum Gasteiger partial charge on any atom is -0.349 e. The van der Waals surface area contributed by atoms with Gasteiger partial charge < -0.3 is 10.6 Å². The van der Waals surface area contributed by atoms with Crippen LogP contribution in [0.15, 0.2) is 29.2 Å². The van der Waals surface area contributed by atoms with Crippen LogP contribution in [0.2, 0.25) is 0 Å². The molecule has 0 aliphatic carbocycles. The van der Waals surface area contributed by atoms with E-state index >= 15 is 0 Å². The molecule has 2 saturated heterocycles. The van der Waals surface area contributed by atoms with Gasteiger partial charge in [0, 0.05) is 30.2 Å². The van der Waals surface area contributed by atoms with Gasteiger partial charge in [0.1, 0.15) is 0 Å². The zero-order chi connectivity index (χ0) is 18.7. The molecular weight excluding hydrogens is 386 g/mol. The van der Waals surface area contributed by atoms with Crippen LogP contribution in [0.25, 0.3) is 0 Å². The second-order valence-electron chi connectivity index (χ2n) is 7.53. The van der Waals surface area contributed by atoms with Gasteiger partial charge in [-0.05, 0) is 70.3 Å². The predicted molar refractivity (Wildman–Crippen MR) is 109 cm³/mol. The summed E-state index contributed by atoms with van der Waals surface area (Å²) < 4.78 is 27.3. The molecule has 2 aliphatic heterocycles. The number of hydrogen-bond donors (Lipinski definition) is 2. The van der Waals surface area contributed by atoms with Crippen LogP contribution in [0.5, 0.6) is 0 Å². The number of sulfonamides is 1.